The molecule has 0 rings (SSSR count). The second kappa shape index (κ2) is 20.0. The molecular formula is C16H32O7. The van der Waals surface area contributed by atoms with Crippen molar-refractivity contribution in [3.8, 4) is 0 Å². The largest absolute Gasteiger partial charge is 0.478 e. The molecule has 0 saturated carbocycles. The Kier molecular flexibility index (Phi) is 28.6. The first kappa shape index (κ1) is 32.8. The van der Waals surface area contributed by atoms with Crippen LogP contribution >= 0.6 is 0 Å². The zero-order chi connectivity index (χ0) is 17.6. The molecule has 7 nitrogen and oxygen atoms in total. The minimum atomic E-state index is -1.18. The lowest BCUT2D eigenvalue weighted by Gasteiger charge is -1.97. The molecule has 23 heavy (non-hydrogen) atoms. The van der Waals surface area contributed by atoms with Crippen LogP contribution in [0.25, 0.3) is 0 Å². The van der Waals surface area contributed by atoms with Crippen LogP contribution in [0.4, 0.5) is 0 Å². The highest BCUT2D eigenvalue weighted by molar-refractivity contribution is 5.86. The number of rotatable bonds is 4. The summed E-state index contributed by atoms with van der Waals surface area (Å²) >= 11 is 0. The lowest BCUT2D eigenvalue weighted by molar-refractivity contribution is -0.135. The van der Waals surface area contributed by atoms with Crippen molar-refractivity contribution in [1.29, 1.82) is 0 Å². The molecule has 0 bridgehead atoms. The van der Waals surface area contributed by atoms with Crippen molar-refractivity contribution in [2.24, 2.45) is 0 Å². The zero-order valence-electron chi connectivity index (χ0n) is 13.0. The number of aliphatic carboxylic acids is 1. The van der Waals surface area contributed by atoms with Crippen LogP contribution < -0.4 is 0 Å². The maximum absolute atomic E-state index is 10.1. The topological polar surface area (TPSA) is 121 Å². The number of hydrogen-bond acceptors (Lipinski definition) is 6. The van der Waals surface area contributed by atoms with Gasteiger partial charge in [0.2, 0.25) is 0 Å². The Morgan fingerprint density at radius 2 is 1.52 bits per heavy atom. The minimum absolute atomic E-state index is 0. The summed E-state index contributed by atoms with van der Waals surface area (Å²) in [7, 11) is 1.31. The number of aliphatic hydroxyl groups is 2. The quantitative estimate of drug-likeness (QED) is 0.530. The lowest BCUT2D eigenvalue weighted by atomic mass is 10.2. The van der Waals surface area contributed by atoms with Crippen molar-refractivity contribution >= 4 is 17.7 Å². The van der Waals surface area contributed by atoms with Gasteiger partial charge < -0.3 is 20.1 Å². The lowest BCUT2D eigenvalue weighted by Crippen LogP contribution is -2.20. The molecule has 0 aromatic rings. The number of carboxylic acid groups (broad SMARTS) is 1. The van der Waals surface area contributed by atoms with E-state index in [1.54, 1.807) is 20.8 Å². The van der Waals surface area contributed by atoms with Crippen LogP contribution in [-0.4, -0.2) is 52.9 Å². The molecule has 3 N–H and O–H groups in total. The molecule has 0 aliphatic carbocycles. The van der Waals surface area contributed by atoms with Crippen molar-refractivity contribution in [2.45, 2.75) is 48.7 Å². The number of Topliss-reactive ketones (excluding diaryl/α,β-unsaturated/α-hetero) is 1. The van der Waals surface area contributed by atoms with Gasteiger partial charge in [-0.05, 0) is 27.7 Å². The van der Waals surface area contributed by atoms with Gasteiger partial charge in [0.25, 0.3) is 0 Å². The number of carboxylic acids is 1. The smallest absolute Gasteiger partial charge is 0.331 e. The SMILES string of the molecule is C.C.C=CC(=O)OC.CC(=O)C(O)CO.CC(C)=C(C)C(=O)O. The second-order valence-corrected chi connectivity index (χ2v) is 3.97. The molecule has 0 aromatic heterocycles. The maximum atomic E-state index is 10.1. The number of allylic oxidation sites excluding steroid dienone is 1. The maximum Gasteiger partial charge on any atom is 0.331 e. The first-order valence-corrected chi connectivity index (χ1v) is 5.92. The number of esters is 1. The number of hydrogen-bond donors (Lipinski definition) is 3. The fourth-order valence-corrected chi connectivity index (χ4v) is 0.426. The first-order valence-electron chi connectivity index (χ1n) is 5.92. The molecule has 0 saturated heterocycles. The number of methoxy groups -OCH3 is 1. The summed E-state index contributed by atoms with van der Waals surface area (Å²) in [5.74, 6) is -1.62. The molecule has 0 fully saturated rings. The number of aliphatic hydroxyl groups excluding tert-OH is 2. The minimum Gasteiger partial charge on any atom is -0.478 e. The molecule has 0 radical (unpaired) electrons. The van der Waals surface area contributed by atoms with E-state index >= 15 is 0 Å². The fraction of sp³-hybridized carbons (Fsp3) is 0.562. The van der Waals surface area contributed by atoms with Crippen LogP contribution in [0.3, 0.4) is 0 Å². The monoisotopic (exact) mass is 336 g/mol. The van der Waals surface area contributed by atoms with Crippen LogP contribution in [0.2, 0.25) is 0 Å². The highest BCUT2D eigenvalue weighted by Gasteiger charge is 2.04. The summed E-state index contributed by atoms with van der Waals surface area (Å²) in [6.07, 6.45) is -0.0694. The van der Waals surface area contributed by atoms with Crippen molar-refractivity contribution in [2.75, 3.05) is 13.7 Å². The molecule has 0 spiro atoms. The summed E-state index contributed by atoms with van der Waals surface area (Å²) in [4.78, 5) is 29.9. The van der Waals surface area contributed by atoms with Gasteiger partial charge in [0.1, 0.15) is 6.10 Å². The molecule has 0 amide bonds. The number of ketones is 1. The van der Waals surface area contributed by atoms with Crippen molar-refractivity contribution in [3.63, 3.8) is 0 Å². The summed E-state index contributed by atoms with van der Waals surface area (Å²) in [5.41, 5.74) is 1.29. The molecule has 0 aliphatic heterocycles. The fourth-order valence-electron chi connectivity index (χ4n) is 0.426. The van der Waals surface area contributed by atoms with Crippen LogP contribution in [0.15, 0.2) is 23.8 Å². The van der Waals surface area contributed by atoms with Gasteiger partial charge in [-0.1, -0.05) is 27.0 Å². The van der Waals surface area contributed by atoms with Gasteiger partial charge in [-0.2, -0.15) is 0 Å². The van der Waals surface area contributed by atoms with Gasteiger partial charge in [0, 0.05) is 11.6 Å². The number of ether oxygens (including phenoxy) is 1. The molecule has 1 atom stereocenters. The Morgan fingerprint density at radius 1 is 1.13 bits per heavy atom. The van der Waals surface area contributed by atoms with Crippen molar-refractivity contribution in [1.82, 2.24) is 0 Å². The van der Waals surface area contributed by atoms with Gasteiger partial charge in [0.15, 0.2) is 5.78 Å². The van der Waals surface area contributed by atoms with Crippen LogP contribution in [0, 0.1) is 0 Å². The Labute approximate surface area is 139 Å². The second-order valence-electron chi connectivity index (χ2n) is 3.97. The summed E-state index contributed by atoms with van der Waals surface area (Å²) in [6.45, 7) is 9.06. The van der Waals surface area contributed by atoms with E-state index in [1.165, 1.54) is 14.0 Å². The van der Waals surface area contributed by atoms with E-state index in [2.05, 4.69) is 11.3 Å². The molecule has 1 unspecified atom stereocenters. The van der Waals surface area contributed by atoms with Crippen LogP contribution in [0.1, 0.15) is 42.5 Å². The molecule has 0 aliphatic rings. The van der Waals surface area contributed by atoms with E-state index in [0.717, 1.165) is 11.6 Å². The van der Waals surface area contributed by atoms with Crippen molar-refractivity contribution < 1.29 is 34.4 Å². The third-order valence-corrected chi connectivity index (χ3v) is 2.08. The van der Waals surface area contributed by atoms with E-state index in [4.69, 9.17) is 15.3 Å². The summed E-state index contributed by atoms with van der Waals surface area (Å²) < 4.78 is 4.14. The van der Waals surface area contributed by atoms with Gasteiger partial charge in [0.05, 0.1) is 13.7 Å². The van der Waals surface area contributed by atoms with Gasteiger partial charge >= 0.3 is 11.9 Å². The summed E-state index contributed by atoms with van der Waals surface area (Å²) in [6, 6.07) is 0. The average Bonchev–Trinajstić information content (AvgIpc) is 2.45. The Hall–Kier alpha value is -1.99. The molecule has 0 heterocycles. The summed E-state index contributed by atoms with van der Waals surface area (Å²) in [5, 5.41) is 24.7. The van der Waals surface area contributed by atoms with Crippen LogP contribution in [-0.2, 0) is 19.1 Å². The number of carbonyl (C=O) groups is 3. The Morgan fingerprint density at radius 3 is 1.52 bits per heavy atom. The highest BCUT2D eigenvalue weighted by atomic mass is 16.5. The highest BCUT2D eigenvalue weighted by Crippen LogP contribution is 1.99. The molecule has 138 valence electrons. The van der Waals surface area contributed by atoms with Crippen molar-refractivity contribution in [3.05, 3.63) is 23.8 Å². The molecule has 0 aromatic carbocycles. The third kappa shape index (κ3) is 25.3. The predicted octanol–water partition coefficient (Wildman–Crippen LogP) is 1.97. The van der Waals surface area contributed by atoms with E-state index in [-0.39, 0.29) is 14.9 Å². The Bertz CT molecular complexity index is 380. The van der Waals surface area contributed by atoms with E-state index < -0.39 is 30.4 Å². The predicted molar refractivity (Wildman–Crippen MR) is 91.1 cm³/mol. The average molecular weight is 336 g/mol. The molecular weight excluding hydrogens is 304 g/mol. The number of carbonyl (C=O) groups excluding carboxylic acids is 2. The normalized spacial score (nSPS) is 8.83. The van der Waals surface area contributed by atoms with Gasteiger partial charge in [-0.25, -0.2) is 9.59 Å². The standard InChI is InChI=1S/C6H10O2.C4H8O3.C4H6O2.2CH4/c1-4(2)5(3)6(7)8;1-3(6)4(7)2-5;1-3-4(5)6-2;;/h1-3H3,(H,7,8);4-5,7H,2H2,1H3;3H,1H2,2H3;2*1H4. The van der Waals surface area contributed by atoms with E-state index in [1.807, 2.05) is 0 Å². The van der Waals surface area contributed by atoms with Crippen LogP contribution in [0.5, 0.6) is 0 Å². The zero-order valence-corrected chi connectivity index (χ0v) is 13.0. The van der Waals surface area contributed by atoms with E-state index in [9.17, 15) is 14.4 Å². The van der Waals surface area contributed by atoms with Gasteiger partial charge in [-0.15, -0.1) is 0 Å². The molecule has 7 heteroatoms. The Balaban J connectivity index is -0.0000000681. The first-order chi connectivity index (χ1) is 9.54. The third-order valence-electron chi connectivity index (χ3n) is 2.08. The van der Waals surface area contributed by atoms with Gasteiger partial charge in [-0.3, -0.25) is 4.79 Å². The van der Waals surface area contributed by atoms with E-state index in [0.29, 0.717) is 5.57 Å².